The van der Waals surface area contributed by atoms with Gasteiger partial charge < -0.3 is 10.8 Å². The summed E-state index contributed by atoms with van der Waals surface area (Å²) >= 11 is 0. The Balaban J connectivity index is 2.92. The van der Waals surface area contributed by atoms with Crippen LogP contribution in [-0.4, -0.2) is 17.7 Å². The summed E-state index contributed by atoms with van der Waals surface area (Å²) in [6.45, 7) is 2.34. The third-order valence-corrected chi connectivity index (χ3v) is 1.74. The second kappa shape index (κ2) is 3.80. The molecule has 1 rings (SSSR count). The van der Waals surface area contributed by atoms with E-state index in [1.54, 1.807) is 12.1 Å². The lowest BCUT2D eigenvalue weighted by atomic mass is 10.3. The molecule has 0 aliphatic heterocycles. The minimum Gasteiger partial charge on any atom is -0.508 e. The normalized spacial score (nSPS) is 9.62. The highest BCUT2D eigenvalue weighted by molar-refractivity contribution is 5.90. The summed E-state index contributed by atoms with van der Waals surface area (Å²) in [5.41, 5.74) is 5.83. The third-order valence-electron chi connectivity index (χ3n) is 1.74. The number of anilines is 1. The Kier molecular flexibility index (Phi) is 2.74. The number of phenolic OH excluding ortho intramolecular Hbond substituents is 1. The predicted molar refractivity (Wildman–Crippen MR) is 50.7 cm³/mol. The van der Waals surface area contributed by atoms with Crippen LogP contribution in [0.4, 0.5) is 10.5 Å². The lowest BCUT2D eigenvalue weighted by Crippen LogP contribution is -2.35. The van der Waals surface area contributed by atoms with Gasteiger partial charge in [0.25, 0.3) is 0 Å². The maximum atomic E-state index is 10.9. The van der Waals surface area contributed by atoms with Gasteiger partial charge in [-0.15, -0.1) is 0 Å². The Morgan fingerprint density at radius 3 is 2.38 bits per heavy atom. The monoisotopic (exact) mass is 180 g/mol. The molecule has 1 aromatic rings. The van der Waals surface area contributed by atoms with Gasteiger partial charge >= 0.3 is 6.03 Å². The summed E-state index contributed by atoms with van der Waals surface area (Å²) in [6, 6.07) is 5.82. The molecule has 0 atom stereocenters. The van der Waals surface area contributed by atoms with Gasteiger partial charge in [0.2, 0.25) is 0 Å². The lowest BCUT2D eigenvalue weighted by Gasteiger charge is -2.17. The number of primary amides is 1. The highest BCUT2D eigenvalue weighted by Gasteiger charge is 2.08. The van der Waals surface area contributed by atoms with Gasteiger partial charge in [-0.3, -0.25) is 4.90 Å². The van der Waals surface area contributed by atoms with Crippen molar-refractivity contribution < 1.29 is 9.90 Å². The van der Waals surface area contributed by atoms with Crippen LogP contribution in [0.1, 0.15) is 6.92 Å². The van der Waals surface area contributed by atoms with Crippen molar-refractivity contribution in [3.63, 3.8) is 0 Å². The summed E-state index contributed by atoms with van der Waals surface area (Å²) in [7, 11) is 0. The Hall–Kier alpha value is -1.71. The van der Waals surface area contributed by atoms with Crippen molar-refractivity contribution in [2.24, 2.45) is 5.73 Å². The van der Waals surface area contributed by atoms with E-state index in [2.05, 4.69) is 0 Å². The van der Waals surface area contributed by atoms with Gasteiger partial charge in [-0.2, -0.15) is 0 Å². The first-order valence-electron chi connectivity index (χ1n) is 4.01. The Labute approximate surface area is 76.6 Å². The molecule has 0 aromatic heterocycles. The molecular weight excluding hydrogens is 168 g/mol. The van der Waals surface area contributed by atoms with E-state index in [0.717, 1.165) is 0 Å². The molecule has 0 bridgehead atoms. The number of benzene rings is 1. The van der Waals surface area contributed by atoms with E-state index >= 15 is 0 Å². The Morgan fingerprint density at radius 1 is 1.46 bits per heavy atom. The number of phenols is 1. The average molecular weight is 180 g/mol. The van der Waals surface area contributed by atoms with Gasteiger partial charge in [-0.05, 0) is 31.2 Å². The number of carbonyl (C=O) groups excluding carboxylic acids is 1. The number of rotatable bonds is 2. The third kappa shape index (κ3) is 2.11. The van der Waals surface area contributed by atoms with Crippen molar-refractivity contribution in [3.05, 3.63) is 24.3 Å². The Bertz CT molecular complexity index is 295. The van der Waals surface area contributed by atoms with Gasteiger partial charge in [0.15, 0.2) is 0 Å². The largest absolute Gasteiger partial charge is 0.508 e. The maximum absolute atomic E-state index is 10.9. The molecular formula is C9H12N2O2. The van der Waals surface area contributed by atoms with Crippen molar-refractivity contribution in [2.45, 2.75) is 6.92 Å². The quantitative estimate of drug-likeness (QED) is 0.720. The van der Waals surface area contributed by atoms with Crippen LogP contribution in [-0.2, 0) is 0 Å². The molecule has 4 heteroatoms. The lowest BCUT2D eigenvalue weighted by molar-refractivity contribution is 0.254. The number of nitrogens with zero attached hydrogens (tertiary/aromatic N) is 1. The number of aromatic hydroxyl groups is 1. The van der Waals surface area contributed by atoms with Crippen LogP contribution in [0.15, 0.2) is 24.3 Å². The summed E-state index contributed by atoms with van der Waals surface area (Å²) in [6.07, 6.45) is 0. The summed E-state index contributed by atoms with van der Waals surface area (Å²) in [5, 5.41) is 9.02. The number of nitrogens with two attached hydrogens (primary N) is 1. The van der Waals surface area contributed by atoms with Gasteiger partial charge in [-0.1, -0.05) is 0 Å². The molecule has 1 aromatic carbocycles. The number of amides is 2. The standard InChI is InChI=1S/C9H12N2O2/c1-2-11(9(10)13)7-3-5-8(12)6-4-7/h3-6,12H,2H2,1H3,(H2,10,13). The van der Waals surface area contributed by atoms with Gasteiger partial charge in [0.05, 0.1) is 0 Å². The number of carbonyl (C=O) groups is 1. The first-order valence-corrected chi connectivity index (χ1v) is 4.01. The molecule has 4 nitrogen and oxygen atoms in total. The molecule has 13 heavy (non-hydrogen) atoms. The summed E-state index contributed by atoms with van der Waals surface area (Å²) in [5.74, 6) is 0.171. The summed E-state index contributed by atoms with van der Waals surface area (Å²) in [4.78, 5) is 12.3. The smallest absolute Gasteiger partial charge is 0.319 e. The predicted octanol–water partition coefficient (Wildman–Crippen LogP) is 1.30. The van der Waals surface area contributed by atoms with Gasteiger partial charge in [0, 0.05) is 12.2 Å². The van der Waals surface area contributed by atoms with Crippen molar-refractivity contribution >= 4 is 11.7 Å². The molecule has 2 amide bonds. The minimum absolute atomic E-state index is 0.171. The van der Waals surface area contributed by atoms with Crippen LogP contribution in [0.3, 0.4) is 0 Å². The van der Waals surface area contributed by atoms with Crippen molar-refractivity contribution in [1.82, 2.24) is 0 Å². The molecule has 0 radical (unpaired) electrons. The van der Waals surface area contributed by atoms with Crippen LogP contribution in [0.25, 0.3) is 0 Å². The zero-order valence-electron chi connectivity index (χ0n) is 7.40. The number of hydrogen-bond donors (Lipinski definition) is 2. The second-order valence-electron chi connectivity index (χ2n) is 2.60. The molecule has 0 fully saturated rings. The first kappa shape index (κ1) is 9.38. The van der Waals surface area contributed by atoms with Crippen molar-refractivity contribution in [3.8, 4) is 5.75 Å². The minimum atomic E-state index is -0.492. The van der Waals surface area contributed by atoms with Gasteiger partial charge in [-0.25, -0.2) is 4.79 Å². The Morgan fingerprint density at radius 2 is 2.00 bits per heavy atom. The van der Waals surface area contributed by atoms with Crippen LogP contribution >= 0.6 is 0 Å². The van der Waals surface area contributed by atoms with E-state index in [9.17, 15) is 4.79 Å². The number of hydrogen-bond acceptors (Lipinski definition) is 2. The average Bonchev–Trinajstić information content (AvgIpc) is 2.09. The van der Waals surface area contributed by atoms with E-state index in [0.29, 0.717) is 12.2 Å². The summed E-state index contributed by atoms with van der Waals surface area (Å²) < 4.78 is 0. The molecule has 0 aliphatic carbocycles. The van der Waals surface area contributed by atoms with Crippen molar-refractivity contribution in [2.75, 3.05) is 11.4 Å². The van der Waals surface area contributed by atoms with Crippen LogP contribution in [0.2, 0.25) is 0 Å². The van der Waals surface area contributed by atoms with E-state index in [1.165, 1.54) is 17.0 Å². The SMILES string of the molecule is CCN(C(N)=O)c1ccc(O)cc1. The molecule has 70 valence electrons. The molecule has 0 aliphatic rings. The molecule has 0 unspecified atom stereocenters. The molecule has 3 N–H and O–H groups in total. The fourth-order valence-electron chi connectivity index (χ4n) is 1.10. The highest BCUT2D eigenvalue weighted by atomic mass is 16.3. The van der Waals surface area contributed by atoms with E-state index in [-0.39, 0.29) is 5.75 Å². The molecule has 0 saturated heterocycles. The molecule has 0 spiro atoms. The van der Waals surface area contributed by atoms with Crippen molar-refractivity contribution in [1.29, 1.82) is 0 Å². The zero-order chi connectivity index (χ0) is 9.84. The number of urea groups is 1. The zero-order valence-corrected chi connectivity index (χ0v) is 7.40. The highest BCUT2D eigenvalue weighted by Crippen LogP contribution is 2.17. The molecule has 0 heterocycles. The van der Waals surface area contributed by atoms with Gasteiger partial charge in [0.1, 0.15) is 5.75 Å². The van der Waals surface area contributed by atoms with Crippen LogP contribution < -0.4 is 10.6 Å². The van der Waals surface area contributed by atoms with Crippen LogP contribution in [0.5, 0.6) is 5.75 Å². The second-order valence-corrected chi connectivity index (χ2v) is 2.60. The van der Waals surface area contributed by atoms with E-state index < -0.39 is 6.03 Å². The molecule has 0 saturated carbocycles. The van der Waals surface area contributed by atoms with E-state index in [4.69, 9.17) is 10.8 Å². The maximum Gasteiger partial charge on any atom is 0.319 e. The fourth-order valence-corrected chi connectivity index (χ4v) is 1.10. The van der Waals surface area contributed by atoms with E-state index in [1.807, 2.05) is 6.92 Å². The first-order chi connectivity index (χ1) is 6.15. The topological polar surface area (TPSA) is 66.6 Å². The fraction of sp³-hybridized carbons (Fsp3) is 0.222. The van der Waals surface area contributed by atoms with Crippen LogP contribution in [0, 0.1) is 0 Å².